The molecule has 0 saturated carbocycles. The lowest BCUT2D eigenvalue weighted by atomic mass is 10.1. The molecule has 31 heavy (non-hydrogen) atoms. The summed E-state index contributed by atoms with van der Waals surface area (Å²) in [5.74, 6) is -1.04. The number of nitrogens with one attached hydrogen (secondary N) is 1. The Balaban J connectivity index is 1.48. The number of hydrogen-bond donors (Lipinski definition) is 1. The van der Waals surface area contributed by atoms with Crippen LogP contribution in [-0.4, -0.2) is 44.8 Å². The van der Waals surface area contributed by atoms with Crippen LogP contribution in [0.5, 0.6) is 0 Å². The number of esters is 1. The molecular formula is C22H19N3O4S2. The van der Waals surface area contributed by atoms with Crippen molar-refractivity contribution in [3.05, 3.63) is 58.3 Å². The lowest BCUT2D eigenvalue weighted by molar-refractivity contribution is -0.119. The second kappa shape index (κ2) is 9.75. The number of rotatable bonds is 6. The largest absolute Gasteiger partial charge is 0.451 e. The van der Waals surface area contributed by atoms with Crippen molar-refractivity contribution in [1.29, 1.82) is 5.26 Å². The summed E-state index contributed by atoms with van der Waals surface area (Å²) in [5.41, 5.74) is 2.35. The van der Waals surface area contributed by atoms with Crippen LogP contribution >= 0.6 is 22.7 Å². The highest BCUT2D eigenvalue weighted by atomic mass is 32.1. The number of morpholine rings is 1. The SMILES string of the molecule is N#Cc1ccsc1NC(=O)COC(=O)c1cc(-c2ccccc2)c(N2CCOCC2)s1. The van der Waals surface area contributed by atoms with Gasteiger partial charge in [-0.15, -0.1) is 22.7 Å². The van der Waals surface area contributed by atoms with E-state index in [9.17, 15) is 9.59 Å². The first kappa shape index (κ1) is 21.1. The van der Waals surface area contributed by atoms with E-state index in [4.69, 9.17) is 14.7 Å². The number of hydrogen-bond acceptors (Lipinski definition) is 8. The third-order valence-corrected chi connectivity index (χ3v) is 6.68. The number of nitrogens with zero attached hydrogens (tertiary/aromatic N) is 2. The standard InChI is InChI=1S/C22H19N3O4S2/c23-13-16-6-11-30-20(16)24-19(26)14-29-22(27)18-12-17(15-4-2-1-3-5-15)21(31-18)25-7-9-28-10-8-25/h1-6,11-12H,7-10,14H2,(H,24,26). The lowest BCUT2D eigenvalue weighted by Gasteiger charge is -2.28. The van der Waals surface area contributed by atoms with E-state index in [1.54, 1.807) is 11.4 Å². The minimum atomic E-state index is -0.552. The third kappa shape index (κ3) is 4.94. The van der Waals surface area contributed by atoms with Gasteiger partial charge in [-0.3, -0.25) is 4.79 Å². The molecule has 1 aliphatic heterocycles. The molecule has 4 rings (SSSR count). The Hall–Kier alpha value is -3.19. The van der Waals surface area contributed by atoms with E-state index < -0.39 is 18.5 Å². The molecule has 1 fully saturated rings. The van der Waals surface area contributed by atoms with Crippen LogP contribution in [0.2, 0.25) is 0 Å². The van der Waals surface area contributed by atoms with Crippen LogP contribution in [0.1, 0.15) is 15.2 Å². The predicted octanol–water partition coefficient (Wildman–Crippen LogP) is 3.98. The van der Waals surface area contributed by atoms with Crippen LogP contribution in [0.15, 0.2) is 47.8 Å². The van der Waals surface area contributed by atoms with Gasteiger partial charge in [0, 0.05) is 18.7 Å². The molecule has 158 valence electrons. The molecule has 1 amide bonds. The number of amides is 1. The van der Waals surface area contributed by atoms with E-state index >= 15 is 0 Å². The fourth-order valence-corrected chi connectivity index (χ4v) is 5.05. The van der Waals surface area contributed by atoms with Gasteiger partial charge >= 0.3 is 5.97 Å². The number of thiophene rings is 2. The Morgan fingerprint density at radius 1 is 1.19 bits per heavy atom. The van der Waals surface area contributed by atoms with Gasteiger partial charge in [-0.2, -0.15) is 5.26 Å². The van der Waals surface area contributed by atoms with Gasteiger partial charge < -0.3 is 19.7 Å². The maximum absolute atomic E-state index is 12.7. The third-order valence-electron chi connectivity index (χ3n) is 4.67. The monoisotopic (exact) mass is 453 g/mol. The average Bonchev–Trinajstić information content (AvgIpc) is 3.46. The van der Waals surface area contributed by atoms with Crippen molar-refractivity contribution in [3.8, 4) is 17.2 Å². The number of carbonyl (C=O) groups is 2. The zero-order valence-electron chi connectivity index (χ0n) is 16.5. The quantitative estimate of drug-likeness (QED) is 0.568. The van der Waals surface area contributed by atoms with E-state index in [1.165, 1.54) is 22.7 Å². The second-order valence-electron chi connectivity index (χ2n) is 6.69. The second-order valence-corrected chi connectivity index (χ2v) is 8.64. The van der Waals surface area contributed by atoms with Crippen molar-refractivity contribution < 1.29 is 19.1 Å². The molecule has 0 atom stereocenters. The van der Waals surface area contributed by atoms with Crippen molar-refractivity contribution >= 4 is 44.6 Å². The van der Waals surface area contributed by atoms with Crippen LogP contribution in [0.4, 0.5) is 10.0 Å². The van der Waals surface area contributed by atoms with Gasteiger partial charge in [0.2, 0.25) is 0 Å². The van der Waals surface area contributed by atoms with Crippen molar-refractivity contribution in [1.82, 2.24) is 0 Å². The Labute approximate surface area is 187 Å². The Morgan fingerprint density at radius 2 is 1.97 bits per heavy atom. The minimum absolute atomic E-state index is 0.380. The fraction of sp³-hybridized carbons (Fsp3) is 0.227. The first-order chi connectivity index (χ1) is 15.2. The number of carbonyl (C=O) groups excluding carboxylic acids is 2. The Bertz CT molecular complexity index is 1110. The molecule has 0 bridgehead atoms. The van der Waals surface area contributed by atoms with Gasteiger partial charge in [-0.05, 0) is 23.1 Å². The van der Waals surface area contributed by atoms with Crippen LogP contribution in [0.3, 0.4) is 0 Å². The number of nitriles is 1. The van der Waals surface area contributed by atoms with Crippen molar-refractivity contribution in [3.63, 3.8) is 0 Å². The summed E-state index contributed by atoms with van der Waals surface area (Å²) in [4.78, 5) is 27.5. The van der Waals surface area contributed by atoms with E-state index in [1.807, 2.05) is 42.5 Å². The first-order valence-electron chi connectivity index (χ1n) is 9.62. The number of benzene rings is 1. The Morgan fingerprint density at radius 3 is 2.71 bits per heavy atom. The molecular weight excluding hydrogens is 434 g/mol. The van der Waals surface area contributed by atoms with Gasteiger partial charge in [0.05, 0.1) is 23.8 Å². The highest BCUT2D eigenvalue weighted by Gasteiger charge is 2.23. The van der Waals surface area contributed by atoms with Gasteiger partial charge in [0.25, 0.3) is 5.91 Å². The molecule has 1 N–H and O–H groups in total. The lowest BCUT2D eigenvalue weighted by Crippen LogP contribution is -2.35. The molecule has 0 spiro atoms. The van der Waals surface area contributed by atoms with E-state index in [-0.39, 0.29) is 0 Å². The van der Waals surface area contributed by atoms with Gasteiger partial charge in [0.1, 0.15) is 15.9 Å². The van der Waals surface area contributed by atoms with E-state index in [0.29, 0.717) is 28.7 Å². The predicted molar refractivity (Wildman–Crippen MR) is 121 cm³/mol. The highest BCUT2D eigenvalue weighted by molar-refractivity contribution is 7.18. The maximum atomic E-state index is 12.7. The maximum Gasteiger partial charge on any atom is 0.348 e. The van der Waals surface area contributed by atoms with Gasteiger partial charge in [-0.1, -0.05) is 30.3 Å². The summed E-state index contributed by atoms with van der Waals surface area (Å²) in [6.07, 6.45) is 0. The molecule has 0 aliphatic carbocycles. The molecule has 0 unspecified atom stereocenters. The smallest absolute Gasteiger partial charge is 0.348 e. The van der Waals surface area contributed by atoms with Crippen LogP contribution in [0, 0.1) is 11.3 Å². The number of ether oxygens (including phenoxy) is 2. The molecule has 1 aliphatic rings. The molecule has 9 heteroatoms. The number of anilines is 2. The van der Waals surface area contributed by atoms with Gasteiger partial charge in [0.15, 0.2) is 6.61 Å². The zero-order chi connectivity index (χ0) is 21.6. The molecule has 3 heterocycles. The van der Waals surface area contributed by atoms with Crippen LogP contribution in [-0.2, 0) is 14.3 Å². The summed E-state index contributed by atoms with van der Waals surface area (Å²) in [6.45, 7) is 2.35. The topological polar surface area (TPSA) is 91.7 Å². The molecule has 3 aromatic rings. The molecule has 7 nitrogen and oxygen atoms in total. The molecule has 1 saturated heterocycles. The van der Waals surface area contributed by atoms with Crippen LogP contribution < -0.4 is 10.2 Å². The average molecular weight is 454 g/mol. The van der Waals surface area contributed by atoms with Crippen molar-refractivity contribution in [2.45, 2.75) is 0 Å². The van der Waals surface area contributed by atoms with Crippen LogP contribution in [0.25, 0.3) is 11.1 Å². The summed E-state index contributed by atoms with van der Waals surface area (Å²) in [5, 5.41) is 14.8. The summed E-state index contributed by atoms with van der Waals surface area (Å²) >= 11 is 2.60. The molecule has 2 aromatic heterocycles. The first-order valence-corrected chi connectivity index (χ1v) is 11.3. The van der Waals surface area contributed by atoms with E-state index in [0.717, 1.165) is 29.2 Å². The van der Waals surface area contributed by atoms with E-state index in [2.05, 4.69) is 10.2 Å². The fourth-order valence-electron chi connectivity index (χ4n) is 3.17. The molecule has 0 radical (unpaired) electrons. The summed E-state index contributed by atoms with van der Waals surface area (Å²) < 4.78 is 10.7. The van der Waals surface area contributed by atoms with Gasteiger partial charge in [-0.25, -0.2) is 4.79 Å². The van der Waals surface area contributed by atoms with Crippen molar-refractivity contribution in [2.75, 3.05) is 43.1 Å². The summed E-state index contributed by atoms with van der Waals surface area (Å²) in [7, 11) is 0. The Kier molecular flexibility index (Phi) is 6.62. The minimum Gasteiger partial charge on any atom is -0.451 e. The normalized spacial score (nSPS) is 13.5. The zero-order valence-corrected chi connectivity index (χ0v) is 18.1. The highest BCUT2D eigenvalue weighted by Crippen LogP contribution is 2.39. The van der Waals surface area contributed by atoms with Crippen molar-refractivity contribution in [2.24, 2.45) is 0 Å². The summed E-state index contributed by atoms with van der Waals surface area (Å²) in [6, 6.07) is 15.3. The molecule has 1 aromatic carbocycles.